The molecule has 1 aliphatic carbocycles. The van der Waals surface area contributed by atoms with Gasteiger partial charge in [0.25, 0.3) is 0 Å². The smallest absolute Gasteiger partial charge is 0.0233 e. The van der Waals surface area contributed by atoms with Crippen LogP contribution < -0.4 is 5.73 Å². The van der Waals surface area contributed by atoms with E-state index >= 15 is 0 Å². The van der Waals surface area contributed by atoms with E-state index in [2.05, 4.69) is 50.1 Å². The average Bonchev–Trinajstić information content (AvgIpc) is 2.38. The van der Waals surface area contributed by atoms with Crippen molar-refractivity contribution in [1.82, 2.24) is 4.90 Å². The summed E-state index contributed by atoms with van der Waals surface area (Å²) < 4.78 is 0. The second kappa shape index (κ2) is 6.53. The third kappa shape index (κ3) is 4.05. The van der Waals surface area contributed by atoms with Gasteiger partial charge in [-0.1, -0.05) is 38.1 Å². The Morgan fingerprint density at radius 1 is 1.00 bits per heavy atom. The maximum atomic E-state index is 5.64. The third-order valence-electron chi connectivity index (χ3n) is 4.47. The van der Waals surface area contributed by atoms with E-state index in [0.29, 0.717) is 6.54 Å². The summed E-state index contributed by atoms with van der Waals surface area (Å²) in [5.41, 5.74) is 8.25. The van der Waals surface area contributed by atoms with Gasteiger partial charge in [0.1, 0.15) is 0 Å². The molecule has 2 rings (SSSR count). The topological polar surface area (TPSA) is 29.3 Å². The van der Waals surface area contributed by atoms with Gasteiger partial charge in [0.15, 0.2) is 0 Å². The molecule has 0 saturated heterocycles. The summed E-state index contributed by atoms with van der Waals surface area (Å²) in [6.45, 7) is 6.47. The van der Waals surface area contributed by atoms with Crippen molar-refractivity contribution in [2.24, 2.45) is 17.6 Å². The molecule has 0 amide bonds. The zero-order valence-corrected chi connectivity index (χ0v) is 12.6. The van der Waals surface area contributed by atoms with E-state index in [0.717, 1.165) is 24.4 Å². The molecule has 1 aliphatic rings. The Hall–Kier alpha value is -0.860. The Bertz CT molecular complexity index is 375. The largest absolute Gasteiger partial charge is 0.326 e. The van der Waals surface area contributed by atoms with Gasteiger partial charge in [-0.2, -0.15) is 0 Å². The molecule has 2 heteroatoms. The van der Waals surface area contributed by atoms with E-state index in [1.54, 1.807) is 0 Å². The highest BCUT2D eigenvalue weighted by Crippen LogP contribution is 2.31. The first-order valence-corrected chi connectivity index (χ1v) is 7.56. The van der Waals surface area contributed by atoms with Gasteiger partial charge in [-0.05, 0) is 49.3 Å². The Labute approximate surface area is 118 Å². The van der Waals surface area contributed by atoms with Crippen LogP contribution in [0.5, 0.6) is 0 Å². The summed E-state index contributed by atoms with van der Waals surface area (Å²) in [4.78, 5) is 2.53. The van der Waals surface area contributed by atoms with Crippen LogP contribution in [-0.2, 0) is 13.1 Å². The summed E-state index contributed by atoms with van der Waals surface area (Å²) in [6.07, 6.45) is 4.10. The van der Waals surface area contributed by atoms with E-state index in [4.69, 9.17) is 5.73 Å². The molecule has 0 radical (unpaired) electrons. The summed E-state index contributed by atoms with van der Waals surface area (Å²) in [6, 6.07) is 9.47. The predicted octanol–water partition coefficient (Wildman–Crippen LogP) is 3.40. The standard InChI is InChI=1S/C17H28N2/c1-13-8-14(2)10-17(9-13)19(3)12-16-6-4-15(11-18)5-7-16/h4-7,13-14,17H,8-12,18H2,1-3H3. The Morgan fingerprint density at radius 2 is 1.53 bits per heavy atom. The van der Waals surface area contributed by atoms with Crippen LogP contribution in [-0.4, -0.2) is 18.0 Å². The Balaban J connectivity index is 1.93. The van der Waals surface area contributed by atoms with Crippen molar-refractivity contribution in [2.75, 3.05) is 7.05 Å². The molecule has 0 aromatic heterocycles. The molecule has 0 bridgehead atoms. The molecule has 1 aromatic rings. The zero-order valence-electron chi connectivity index (χ0n) is 12.6. The summed E-state index contributed by atoms with van der Waals surface area (Å²) >= 11 is 0. The van der Waals surface area contributed by atoms with Crippen molar-refractivity contribution in [1.29, 1.82) is 0 Å². The molecule has 0 spiro atoms. The molecule has 2 N–H and O–H groups in total. The summed E-state index contributed by atoms with van der Waals surface area (Å²) in [5, 5.41) is 0. The Morgan fingerprint density at radius 3 is 2.05 bits per heavy atom. The molecule has 1 aromatic carbocycles. The number of benzene rings is 1. The number of hydrogen-bond donors (Lipinski definition) is 1. The third-order valence-corrected chi connectivity index (χ3v) is 4.47. The van der Waals surface area contributed by atoms with Crippen molar-refractivity contribution >= 4 is 0 Å². The highest BCUT2D eigenvalue weighted by molar-refractivity contribution is 5.22. The van der Waals surface area contributed by atoms with E-state index in [1.807, 2.05) is 0 Å². The number of rotatable bonds is 4. The van der Waals surface area contributed by atoms with Gasteiger partial charge in [0.2, 0.25) is 0 Å². The second-order valence-electron chi connectivity index (χ2n) is 6.51. The average molecular weight is 260 g/mol. The molecule has 19 heavy (non-hydrogen) atoms. The molecule has 2 nitrogen and oxygen atoms in total. The van der Waals surface area contributed by atoms with Crippen LogP contribution in [0.25, 0.3) is 0 Å². The van der Waals surface area contributed by atoms with Crippen molar-refractivity contribution in [3.8, 4) is 0 Å². The molecular weight excluding hydrogens is 232 g/mol. The van der Waals surface area contributed by atoms with Crippen molar-refractivity contribution in [3.05, 3.63) is 35.4 Å². The van der Waals surface area contributed by atoms with Crippen LogP contribution in [0.4, 0.5) is 0 Å². The zero-order chi connectivity index (χ0) is 13.8. The molecule has 0 aliphatic heterocycles. The lowest BCUT2D eigenvalue weighted by atomic mass is 9.80. The first-order chi connectivity index (χ1) is 9.08. The van der Waals surface area contributed by atoms with Gasteiger partial charge in [0, 0.05) is 19.1 Å². The van der Waals surface area contributed by atoms with E-state index in [9.17, 15) is 0 Å². The van der Waals surface area contributed by atoms with E-state index in [-0.39, 0.29) is 0 Å². The number of nitrogens with two attached hydrogens (primary N) is 1. The monoisotopic (exact) mass is 260 g/mol. The maximum Gasteiger partial charge on any atom is 0.0233 e. The van der Waals surface area contributed by atoms with Crippen molar-refractivity contribution < 1.29 is 0 Å². The van der Waals surface area contributed by atoms with Gasteiger partial charge < -0.3 is 5.73 Å². The molecule has 1 fully saturated rings. The minimum atomic E-state index is 0.633. The van der Waals surface area contributed by atoms with Gasteiger partial charge in [-0.3, -0.25) is 4.90 Å². The van der Waals surface area contributed by atoms with E-state index < -0.39 is 0 Å². The van der Waals surface area contributed by atoms with Crippen LogP contribution in [0.15, 0.2) is 24.3 Å². The number of nitrogens with zero attached hydrogens (tertiary/aromatic N) is 1. The minimum absolute atomic E-state index is 0.633. The van der Waals surface area contributed by atoms with E-state index in [1.165, 1.54) is 30.4 Å². The van der Waals surface area contributed by atoms with Crippen molar-refractivity contribution in [2.45, 2.75) is 52.2 Å². The normalized spacial score (nSPS) is 27.7. The molecule has 106 valence electrons. The van der Waals surface area contributed by atoms with Crippen LogP contribution in [0, 0.1) is 11.8 Å². The molecule has 1 saturated carbocycles. The SMILES string of the molecule is CC1CC(C)CC(N(C)Cc2ccc(CN)cc2)C1. The first-order valence-electron chi connectivity index (χ1n) is 7.56. The van der Waals surface area contributed by atoms with Crippen LogP contribution in [0.2, 0.25) is 0 Å². The predicted molar refractivity (Wildman–Crippen MR) is 81.8 cm³/mol. The van der Waals surface area contributed by atoms with Gasteiger partial charge in [0.05, 0.1) is 0 Å². The fraction of sp³-hybridized carbons (Fsp3) is 0.647. The first kappa shape index (κ1) is 14.5. The summed E-state index contributed by atoms with van der Waals surface area (Å²) in [7, 11) is 2.27. The minimum Gasteiger partial charge on any atom is -0.326 e. The van der Waals surface area contributed by atoms with Gasteiger partial charge in [-0.25, -0.2) is 0 Å². The van der Waals surface area contributed by atoms with Gasteiger partial charge in [-0.15, -0.1) is 0 Å². The van der Waals surface area contributed by atoms with Crippen LogP contribution >= 0.6 is 0 Å². The molecular formula is C17H28N2. The molecule has 0 heterocycles. The quantitative estimate of drug-likeness (QED) is 0.899. The van der Waals surface area contributed by atoms with Gasteiger partial charge >= 0.3 is 0 Å². The fourth-order valence-electron chi connectivity index (χ4n) is 3.46. The lowest BCUT2D eigenvalue weighted by molar-refractivity contribution is 0.128. The highest BCUT2D eigenvalue weighted by atomic mass is 15.1. The molecule has 2 atom stereocenters. The summed E-state index contributed by atoms with van der Waals surface area (Å²) in [5.74, 6) is 1.74. The van der Waals surface area contributed by atoms with Crippen molar-refractivity contribution in [3.63, 3.8) is 0 Å². The maximum absolute atomic E-state index is 5.64. The van der Waals surface area contributed by atoms with Crippen LogP contribution in [0.3, 0.4) is 0 Å². The lowest BCUT2D eigenvalue weighted by Gasteiger charge is -2.37. The molecule has 2 unspecified atom stereocenters. The highest BCUT2D eigenvalue weighted by Gasteiger charge is 2.26. The second-order valence-corrected chi connectivity index (χ2v) is 6.51. The lowest BCUT2D eigenvalue weighted by Crippen LogP contribution is -2.37. The van der Waals surface area contributed by atoms with Crippen LogP contribution in [0.1, 0.15) is 44.2 Å². The Kier molecular flexibility index (Phi) is 5.00. The fourth-order valence-corrected chi connectivity index (χ4v) is 3.46. The number of hydrogen-bond acceptors (Lipinski definition) is 2.